The summed E-state index contributed by atoms with van der Waals surface area (Å²) in [6, 6.07) is 1.98. The van der Waals surface area contributed by atoms with Gasteiger partial charge >= 0.3 is 0 Å². The van der Waals surface area contributed by atoms with Gasteiger partial charge in [-0.3, -0.25) is 4.40 Å². The van der Waals surface area contributed by atoms with Gasteiger partial charge in [0.15, 0.2) is 10.8 Å². The van der Waals surface area contributed by atoms with Crippen molar-refractivity contribution in [3.05, 3.63) is 35.2 Å². The van der Waals surface area contributed by atoms with Gasteiger partial charge in [-0.05, 0) is 20.0 Å². The maximum Gasteiger partial charge on any atom is 0.196 e. The Morgan fingerprint density at radius 1 is 1.41 bits per heavy atom. The van der Waals surface area contributed by atoms with Crippen LogP contribution in [-0.4, -0.2) is 26.2 Å². The molecule has 0 aliphatic carbocycles. The fourth-order valence-corrected chi connectivity index (χ4v) is 2.60. The standard InChI is InChI=1S/C11H13N5S/c1-8-3-4-16(14-8)10-9(7-12-2)15-5-6-17-11(15)13-10/h3-6,12H,7H2,1-2H3. The number of aromatic nitrogens is 4. The average Bonchev–Trinajstić information content (AvgIpc) is 2.95. The van der Waals surface area contributed by atoms with Crippen LogP contribution in [0.4, 0.5) is 0 Å². The molecule has 0 amide bonds. The van der Waals surface area contributed by atoms with E-state index in [-0.39, 0.29) is 0 Å². The van der Waals surface area contributed by atoms with E-state index in [0.29, 0.717) is 0 Å². The minimum atomic E-state index is 0.770. The van der Waals surface area contributed by atoms with E-state index >= 15 is 0 Å². The van der Waals surface area contributed by atoms with Crippen LogP contribution in [0.5, 0.6) is 0 Å². The summed E-state index contributed by atoms with van der Waals surface area (Å²) in [5, 5.41) is 9.63. The first kappa shape index (κ1) is 10.5. The highest BCUT2D eigenvalue weighted by molar-refractivity contribution is 7.15. The van der Waals surface area contributed by atoms with Crippen molar-refractivity contribution in [1.29, 1.82) is 0 Å². The van der Waals surface area contributed by atoms with Crippen LogP contribution >= 0.6 is 11.3 Å². The summed E-state index contributed by atoms with van der Waals surface area (Å²) >= 11 is 1.63. The second-order valence-corrected chi connectivity index (χ2v) is 4.74. The number of hydrogen-bond donors (Lipinski definition) is 1. The number of aryl methyl sites for hydroxylation is 1. The van der Waals surface area contributed by atoms with E-state index in [4.69, 9.17) is 0 Å². The van der Waals surface area contributed by atoms with E-state index in [1.54, 1.807) is 11.3 Å². The summed E-state index contributed by atoms with van der Waals surface area (Å²) in [7, 11) is 1.93. The molecule has 0 spiro atoms. The Kier molecular flexibility index (Phi) is 2.45. The highest BCUT2D eigenvalue weighted by Crippen LogP contribution is 2.20. The van der Waals surface area contributed by atoms with Crippen LogP contribution in [0, 0.1) is 6.92 Å². The fraction of sp³-hybridized carbons (Fsp3) is 0.273. The highest BCUT2D eigenvalue weighted by atomic mass is 32.1. The van der Waals surface area contributed by atoms with Crippen molar-refractivity contribution in [3.8, 4) is 5.82 Å². The van der Waals surface area contributed by atoms with Crippen molar-refractivity contribution < 1.29 is 0 Å². The van der Waals surface area contributed by atoms with Crippen molar-refractivity contribution >= 4 is 16.3 Å². The molecule has 0 aromatic carbocycles. The summed E-state index contributed by atoms with van der Waals surface area (Å²) in [5.74, 6) is 0.902. The summed E-state index contributed by atoms with van der Waals surface area (Å²) in [6.07, 6.45) is 3.99. The molecule has 0 atom stereocenters. The average molecular weight is 247 g/mol. The Balaban J connectivity index is 2.20. The van der Waals surface area contributed by atoms with Crippen LogP contribution in [0.1, 0.15) is 11.4 Å². The number of imidazole rings is 1. The topological polar surface area (TPSA) is 47.2 Å². The van der Waals surface area contributed by atoms with Crippen molar-refractivity contribution in [3.63, 3.8) is 0 Å². The smallest absolute Gasteiger partial charge is 0.196 e. The van der Waals surface area contributed by atoms with Crippen LogP contribution in [0.3, 0.4) is 0 Å². The Labute approximate surface area is 103 Å². The lowest BCUT2D eigenvalue weighted by Crippen LogP contribution is -2.10. The van der Waals surface area contributed by atoms with Crippen LogP contribution in [-0.2, 0) is 6.54 Å². The van der Waals surface area contributed by atoms with Gasteiger partial charge in [-0.25, -0.2) is 4.68 Å². The van der Waals surface area contributed by atoms with Gasteiger partial charge in [-0.2, -0.15) is 10.1 Å². The van der Waals surface area contributed by atoms with Gasteiger partial charge in [0, 0.05) is 24.3 Å². The molecule has 6 heteroatoms. The van der Waals surface area contributed by atoms with E-state index in [0.717, 1.165) is 28.7 Å². The molecular formula is C11H13N5S. The third-order valence-electron chi connectivity index (χ3n) is 2.62. The number of nitrogens with one attached hydrogen (secondary N) is 1. The second kappa shape index (κ2) is 3.97. The van der Waals surface area contributed by atoms with Gasteiger partial charge in [-0.15, -0.1) is 11.3 Å². The van der Waals surface area contributed by atoms with Gasteiger partial charge in [-0.1, -0.05) is 0 Å². The lowest BCUT2D eigenvalue weighted by molar-refractivity contribution is 0.752. The molecular weight excluding hydrogens is 234 g/mol. The van der Waals surface area contributed by atoms with Crippen molar-refractivity contribution in [1.82, 2.24) is 24.5 Å². The van der Waals surface area contributed by atoms with Gasteiger partial charge in [0.25, 0.3) is 0 Å². The van der Waals surface area contributed by atoms with Crippen molar-refractivity contribution in [2.75, 3.05) is 7.05 Å². The maximum atomic E-state index is 4.62. The van der Waals surface area contributed by atoms with Crippen LogP contribution in [0.2, 0.25) is 0 Å². The predicted molar refractivity (Wildman–Crippen MR) is 67.7 cm³/mol. The molecule has 0 aliphatic rings. The molecule has 5 nitrogen and oxygen atoms in total. The lowest BCUT2D eigenvalue weighted by atomic mass is 10.4. The van der Waals surface area contributed by atoms with Crippen molar-refractivity contribution in [2.45, 2.75) is 13.5 Å². The SMILES string of the molecule is CNCc1c(-n2ccc(C)n2)nc2sccn12. The van der Waals surface area contributed by atoms with E-state index in [2.05, 4.69) is 19.8 Å². The van der Waals surface area contributed by atoms with Gasteiger partial charge in [0.2, 0.25) is 0 Å². The number of fused-ring (bicyclic) bond motifs is 1. The van der Waals surface area contributed by atoms with Crippen LogP contribution in [0.15, 0.2) is 23.8 Å². The zero-order valence-corrected chi connectivity index (χ0v) is 10.5. The Hall–Kier alpha value is -1.66. The first-order valence-electron chi connectivity index (χ1n) is 5.41. The summed E-state index contributed by atoms with van der Waals surface area (Å²) in [5.41, 5.74) is 2.13. The van der Waals surface area contributed by atoms with Crippen LogP contribution < -0.4 is 5.32 Å². The molecule has 3 aromatic heterocycles. The van der Waals surface area contributed by atoms with Crippen LogP contribution in [0.25, 0.3) is 10.8 Å². The second-order valence-electron chi connectivity index (χ2n) is 3.87. The highest BCUT2D eigenvalue weighted by Gasteiger charge is 2.14. The zero-order valence-electron chi connectivity index (χ0n) is 9.71. The third-order valence-corrected chi connectivity index (χ3v) is 3.38. The molecule has 0 bridgehead atoms. The minimum absolute atomic E-state index is 0.770. The molecule has 3 heterocycles. The maximum absolute atomic E-state index is 4.62. The Bertz CT molecular complexity index is 648. The quantitative estimate of drug-likeness (QED) is 0.765. The van der Waals surface area contributed by atoms with Gasteiger partial charge in [0.1, 0.15) is 0 Å². The zero-order chi connectivity index (χ0) is 11.8. The van der Waals surface area contributed by atoms with E-state index in [1.165, 1.54) is 0 Å². The molecule has 0 saturated carbocycles. The van der Waals surface area contributed by atoms with E-state index < -0.39 is 0 Å². The monoisotopic (exact) mass is 247 g/mol. The molecule has 0 fully saturated rings. The third kappa shape index (κ3) is 1.65. The molecule has 88 valence electrons. The van der Waals surface area contributed by atoms with E-state index in [1.807, 2.05) is 42.5 Å². The number of nitrogens with zero attached hydrogens (tertiary/aromatic N) is 4. The Morgan fingerprint density at radius 3 is 3.00 bits per heavy atom. The lowest BCUT2D eigenvalue weighted by Gasteiger charge is -2.02. The largest absolute Gasteiger partial charge is 0.314 e. The molecule has 0 aliphatic heterocycles. The first-order valence-corrected chi connectivity index (χ1v) is 6.29. The number of thiazole rings is 1. The molecule has 0 radical (unpaired) electrons. The molecule has 0 saturated heterocycles. The Morgan fingerprint density at radius 2 is 2.29 bits per heavy atom. The van der Waals surface area contributed by atoms with Crippen molar-refractivity contribution in [2.24, 2.45) is 0 Å². The normalized spacial score (nSPS) is 11.4. The number of rotatable bonds is 3. The predicted octanol–water partition coefficient (Wildman–Crippen LogP) is 1.61. The summed E-state index contributed by atoms with van der Waals surface area (Å²) in [4.78, 5) is 5.62. The minimum Gasteiger partial charge on any atom is -0.314 e. The molecule has 1 N–H and O–H groups in total. The van der Waals surface area contributed by atoms with Gasteiger partial charge < -0.3 is 5.32 Å². The molecule has 0 unspecified atom stereocenters. The van der Waals surface area contributed by atoms with E-state index in [9.17, 15) is 0 Å². The summed E-state index contributed by atoms with van der Waals surface area (Å²) in [6.45, 7) is 2.75. The first-order chi connectivity index (χ1) is 8.29. The van der Waals surface area contributed by atoms with Gasteiger partial charge in [0.05, 0.1) is 11.4 Å². The fourth-order valence-electron chi connectivity index (χ4n) is 1.87. The number of hydrogen-bond acceptors (Lipinski definition) is 4. The summed E-state index contributed by atoms with van der Waals surface area (Å²) < 4.78 is 3.94. The molecule has 3 aromatic rings. The molecule has 3 rings (SSSR count). The molecule has 17 heavy (non-hydrogen) atoms.